The molecule has 3 aliphatic heterocycles. The summed E-state index contributed by atoms with van der Waals surface area (Å²) in [7, 11) is 0. The van der Waals surface area contributed by atoms with Crippen LogP contribution in [0.4, 0.5) is 9.93 Å². The molecule has 2 aromatic rings. The average molecular weight is 847 g/mol. The largest absolute Gasteiger partial charge is 0.504 e. The third-order valence-corrected chi connectivity index (χ3v) is 12.2. The molecule has 0 spiro atoms. The van der Waals surface area contributed by atoms with Crippen LogP contribution in [0.1, 0.15) is 35.3 Å². The molecule has 2 unspecified atom stereocenters. The van der Waals surface area contributed by atoms with Gasteiger partial charge in [-0.25, -0.2) is 24.4 Å². The number of aliphatic hydroxyl groups excluding tert-OH is 1. The number of phenolic OH excluding ortho intramolecular Hbond substituents is 2. The summed E-state index contributed by atoms with van der Waals surface area (Å²) in [5.41, 5.74) is 5.25. The number of carbonyl (C=O) groups is 7. The van der Waals surface area contributed by atoms with Crippen LogP contribution in [0.25, 0.3) is 0 Å². The topological polar surface area (TPSA) is 327 Å². The molecule has 1 saturated carbocycles. The second-order valence-corrected chi connectivity index (χ2v) is 15.8. The van der Waals surface area contributed by atoms with Crippen LogP contribution in [0.2, 0.25) is 9.36 Å². The average Bonchev–Trinajstić information content (AvgIpc) is 3.57. The summed E-state index contributed by atoms with van der Waals surface area (Å²) in [5.74, 6) is -8.28. The highest BCUT2D eigenvalue weighted by molar-refractivity contribution is 8.02. The molecule has 6 rings (SSSR count). The number of hydrogen-bond donors (Lipinski definition) is 9. The van der Waals surface area contributed by atoms with Crippen LogP contribution in [0, 0.1) is 0 Å². The summed E-state index contributed by atoms with van der Waals surface area (Å²) in [6.07, 6.45) is -1.61. The molecule has 4 aliphatic rings. The van der Waals surface area contributed by atoms with Gasteiger partial charge < -0.3 is 46.7 Å². The highest BCUT2D eigenvalue weighted by Crippen LogP contribution is 2.51. The molecule has 3 saturated heterocycles. The van der Waals surface area contributed by atoms with Gasteiger partial charge in [0.05, 0.1) is 28.5 Å². The number of carboxylic acids is 2. The van der Waals surface area contributed by atoms with Crippen LogP contribution in [-0.2, 0) is 28.8 Å². The van der Waals surface area contributed by atoms with Crippen molar-refractivity contribution in [2.45, 2.75) is 47.4 Å². The highest BCUT2D eigenvalue weighted by atomic mass is 35.5. The Morgan fingerprint density at radius 1 is 1.07 bits per heavy atom. The molecule has 4 atom stereocenters. The minimum Gasteiger partial charge on any atom is -0.504 e. The van der Waals surface area contributed by atoms with E-state index in [0.717, 1.165) is 45.1 Å². The number of thioether (sulfide) groups is 1. The third-order valence-electron chi connectivity index (χ3n) is 8.97. The van der Waals surface area contributed by atoms with Gasteiger partial charge in [0, 0.05) is 38.9 Å². The van der Waals surface area contributed by atoms with Crippen LogP contribution >= 0.6 is 46.3 Å². The van der Waals surface area contributed by atoms with Crippen molar-refractivity contribution in [2.75, 3.05) is 31.9 Å². The quantitative estimate of drug-likeness (QED) is 0.0359. The number of aliphatic hydroxyl groups is 1. The lowest BCUT2D eigenvalue weighted by molar-refractivity contribution is -0.153. The molecule has 22 nitrogen and oxygen atoms in total. The number of nitrogens with zero attached hydrogens (tertiary/aromatic N) is 5. The number of fused-ring (bicyclic) bond motifs is 1. The number of halogens is 2. The molecule has 4 fully saturated rings. The van der Waals surface area contributed by atoms with E-state index in [2.05, 4.69) is 26.2 Å². The predicted octanol–water partition coefficient (Wildman–Crippen LogP) is -1.09. The van der Waals surface area contributed by atoms with E-state index in [0.29, 0.717) is 0 Å². The first-order chi connectivity index (χ1) is 25.9. The normalized spacial score (nSPS) is 24.1. The Balaban J connectivity index is 1.06. The number of Topliss-reactive ketones (excluding diaryl/α,β-unsaturated/α-hetero) is 1. The van der Waals surface area contributed by atoms with Crippen molar-refractivity contribution in [3.05, 3.63) is 32.7 Å². The number of benzene rings is 1. The van der Waals surface area contributed by atoms with Gasteiger partial charge in [0.15, 0.2) is 22.3 Å². The van der Waals surface area contributed by atoms with Gasteiger partial charge in [-0.15, -0.1) is 0 Å². The summed E-state index contributed by atoms with van der Waals surface area (Å²) in [6, 6.07) is -0.0621. The van der Waals surface area contributed by atoms with Crippen molar-refractivity contribution < 1.29 is 63.9 Å². The fourth-order valence-electron chi connectivity index (χ4n) is 5.82. The summed E-state index contributed by atoms with van der Waals surface area (Å²) < 4.78 is -0.0620. The number of hydrogen-bond acceptors (Lipinski definition) is 17. The first-order valence-electron chi connectivity index (χ1n) is 15.9. The summed E-state index contributed by atoms with van der Waals surface area (Å²) in [5, 5.41) is 57.9. The SMILES string of the molecule is Nc1nc(/C(=N/OC2(C(=O)O)CC2)C(=O)NC2C(O)N3C[C@@](C(=O)O)(N4CCN(NC(=O)CCNC(=O)C(=O)c5ccc(O)c(O)c5Cl)C4=O)S[C@H]23)c(Cl)s1. The van der Waals surface area contributed by atoms with Gasteiger partial charge in [-0.05, 0) is 12.1 Å². The van der Waals surface area contributed by atoms with Gasteiger partial charge in [0.2, 0.25) is 16.4 Å². The molecular weight excluding hydrogens is 817 g/mol. The molecular formula is C29H29Cl2N9O13S2. The third kappa shape index (κ3) is 7.22. The molecule has 55 heavy (non-hydrogen) atoms. The number of rotatable bonds is 14. The Bertz CT molecular complexity index is 2050. The zero-order chi connectivity index (χ0) is 40.1. The number of phenols is 2. The molecule has 294 valence electrons. The number of urea groups is 1. The number of hydrazine groups is 1. The number of aliphatic carboxylic acids is 2. The first-order valence-corrected chi connectivity index (χ1v) is 18.3. The van der Waals surface area contributed by atoms with Gasteiger partial charge in [-0.1, -0.05) is 51.5 Å². The maximum absolute atomic E-state index is 13.5. The molecule has 0 radical (unpaired) electrons. The number of oxime groups is 1. The van der Waals surface area contributed by atoms with E-state index in [9.17, 15) is 59.1 Å². The second kappa shape index (κ2) is 14.8. The lowest BCUT2D eigenvalue weighted by Crippen LogP contribution is -2.70. The Morgan fingerprint density at radius 2 is 1.78 bits per heavy atom. The van der Waals surface area contributed by atoms with E-state index in [1.54, 1.807) is 0 Å². The number of carbonyl (C=O) groups excluding carboxylic acids is 5. The second-order valence-electron chi connectivity index (χ2n) is 12.4. The maximum Gasteiger partial charge on any atom is 0.350 e. The number of nitrogen functional groups attached to an aromatic ring is 1. The van der Waals surface area contributed by atoms with Crippen LogP contribution in [0.3, 0.4) is 0 Å². The Morgan fingerprint density at radius 3 is 2.40 bits per heavy atom. The van der Waals surface area contributed by atoms with E-state index in [1.165, 1.54) is 4.90 Å². The minimum absolute atomic E-state index is 0.0358. The van der Waals surface area contributed by atoms with Crippen molar-refractivity contribution >= 4 is 98.6 Å². The van der Waals surface area contributed by atoms with Crippen molar-refractivity contribution in [2.24, 2.45) is 5.16 Å². The monoisotopic (exact) mass is 845 g/mol. The smallest absolute Gasteiger partial charge is 0.350 e. The predicted molar refractivity (Wildman–Crippen MR) is 189 cm³/mol. The maximum atomic E-state index is 13.5. The number of thiazole rings is 1. The van der Waals surface area contributed by atoms with Crippen molar-refractivity contribution in [1.29, 1.82) is 0 Å². The van der Waals surface area contributed by atoms with Gasteiger partial charge in [0.1, 0.15) is 16.3 Å². The molecule has 0 bridgehead atoms. The van der Waals surface area contributed by atoms with E-state index in [1.807, 2.05) is 0 Å². The molecule has 1 aliphatic carbocycles. The van der Waals surface area contributed by atoms with Crippen LogP contribution in [-0.4, -0.2) is 147 Å². The van der Waals surface area contributed by atoms with Crippen LogP contribution in [0.15, 0.2) is 17.3 Å². The number of anilines is 1. The summed E-state index contributed by atoms with van der Waals surface area (Å²) >= 11 is 13.6. The fourth-order valence-corrected chi connectivity index (χ4v) is 8.70. The zero-order valence-corrected chi connectivity index (χ0v) is 30.9. The summed E-state index contributed by atoms with van der Waals surface area (Å²) in [6.45, 7) is -1.10. The molecule has 26 heteroatoms. The van der Waals surface area contributed by atoms with Crippen molar-refractivity contribution in [1.82, 2.24) is 35.9 Å². The fraction of sp³-hybridized carbons (Fsp3) is 0.414. The zero-order valence-electron chi connectivity index (χ0n) is 27.7. The molecule has 10 N–H and O–H groups in total. The first kappa shape index (κ1) is 39.6. The number of nitrogens with one attached hydrogen (secondary N) is 3. The number of carboxylic acid groups (broad SMARTS) is 2. The number of aromatic hydroxyl groups is 2. The molecule has 1 aromatic carbocycles. The van der Waals surface area contributed by atoms with Crippen molar-refractivity contribution in [3.8, 4) is 11.5 Å². The van der Waals surface area contributed by atoms with Crippen LogP contribution < -0.4 is 21.8 Å². The lowest BCUT2D eigenvalue weighted by atomic mass is 10.0. The lowest BCUT2D eigenvalue weighted by Gasteiger charge is -2.47. The number of amides is 5. The number of ketones is 1. The Labute approximate surface area is 326 Å². The van der Waals surface area contributed by atoms with Gasteiger partial charge >= 0.3 is 18.0 Å². The van der Waals surface area contributed by atoms with E-state index in [4.69, 9.17) is 33.8 Å². The number of aromatic nitrogens is 1. The van der Waals surface area contributed by atoms with Gasteiger partial charge in [-0.3, -0.25) is 34.4 Å². The standard InChI is InChI=1S/C29H29Cl2N9O13S2/c30-13-10(1-2-11(41)18(13)44)17(43)21(46)33-6-3-12(42)36-40-8-7-39(27(40)52)29(25(50)51)9-38-22(47)16(23(38)55-29)34-20(45)15(14-19(31)54-26(32)35-14)37-53-28(4-5-28)24(48)49/h1-2,16,22-23,41,44,47H,3-9H2,(H2,32,35)(H,33,46)(H,34,45)(H,36,42)(H,48,49)(H,50,51)/b37-15-/t16?,22?,23-,29-/m1/s1. The summed E-state index contributed by atoms with van der Waals surface area (Å²) in [4.78, 5) is 98.3. The van der Waals surface area contributed by atoms with Crippen molar-refractivity contribution in [3.63, 3.8) is 0 Å². The van der Waals surface area contributed by atoms with Gasteiger partial charge in [-0.2, -0.15) is 0 Å². The van der Waals surface area contributed by atoms with Gasteiger partial charge in [0.25, 0.3) is 17.6 Å². The highest BCUT2D eigenvalue weighted by Gasteiger charge is 2.66. The molecule has 5 amide bonds. The molecule has 1 aromatic heterocycles. The van der Waals surface area contributed by atoms with E-state index < -0.39 is 104 Å². The Kier molecular flexibility index (Phi) is 10.7. The Hall–Kier alpha value is -5.14. The molecule has 4 heterocycles. The van der Waals surface area contributed by atoms with Crippen LogP contribution in [0.5, 0.6) is 11.5 Å². The number of nitrogens with two attached hydrogens (primary N) is 1. The van der Waals surface area contributed by atoms with E-state index in [-0.39, 0.29) is 54.2 Å². The van der Waals surface area contributed by atoms with E-state index >= 15 is 0 Å². The minimum atomic E-state index is -1.99.